The third kappa shape index (κ3) is 8.12. The van der Waals surface area contributed by atoms with Gasteiger partial charge in [-0.1, -0.05) is 48.5 Å². The van der Waals surface area contributed by atoms with Gasteiger partial charge in [0.2, 0.25) is 0 Å². The Morgan fingerprint density at radius 1 is 1.07 bits per heavy atom. The third-order valence-electron chi connectivity index (χ3n) is 4.82. The highest BCUT2D eigenvalue weighted by molar-refractivity contribution is 5.75. The Morgan fingerprint density at radius 3 is 2.41 bits per heavy atom. The lowest BCUT2D eigenvalue weighted by Crippen LogP contribution is -2.40. The van der Waals surface area contributed by atoms with E-state index in [1.807, 2.05) is 38.1 Å². The van der Waals surface area contributed by atoms with Gasteiger partial charge in [0, 0.05) is 6.54 Å². The summed E-state index contributed by atoms with van der Waals surface area (Å²) in [5.41, 5.74) is 2.58. The monoisotopic (exact) mass is 395 g/mol. The molecule has 0 amide bonds. The van der Waals surface area contributed by atoms with Gasteiger partial charge in [0.1, 0.15) is 11.8 Å². The maximum Gasteiger partial charge on any atom is 0.323 e. The van der Waals surface area contributed by atoms with Crippen LogP contribution < -0.4 is 4.74 Å². The van der Waals surface area contributed by atoms with Crippen molar-refractivity contribution in [2.45, 2.75) is 39.2 Å². The van der Waals surface area contributed by atoms with E-state index >= 15 is 0 Å². The first-order chi connectivity index (χ1) is 14.1. The summed E-state index contributed by atoms with van der Waals surface area (Å²) in [7, 11) is 0. The van der Waals surface area contributed by atoms with E-state index in [1.54, 1.807) is 0 Å². The van der Waals surface area contributed by atoms with E-state index in [2.05, 4.69) is 47.9 Å². The molecular formula is C25H33NO3. The number of carbonyl (C=O) groups excluding carboxylic acids is 1. The lowest BCUT2D eigenvalue weighted by Gasteiger charge is -2.26. The minimum Gasteiger partial charge on any atom is -0.494 e. The van der Waals surface area contributed by atoms with Crippen molar-refractivity contribution in [3.63, 3.8) is 0 Å². The van der Waals surface area contributed by atoms with Gasteiger partial charge >= 0.3 is 5.97 Å². The van der Waals surface area contributed by atoms with Crippen LogP contribution in [0.3, 0.4) is 0 Å². The van der Waals surface area contributed by atoms with Gasteiger partial charge in [-0.2, -0.15) is 0 Å². The van der Waals surface area contributed by atoms with Gasteiger partial charge in [-0.05, 0) is 62.9 Å². The second kappa shape index (κ2) is 12.8. The molecule has 2 rings (SSSR count). The zero-order chi connectivity index (χ0) is 20.9. The van der Waals surface area contributed by atoms with Gasteiger partial charge in [-0.3, -0.25) is 9.69 Å². The van der Waals surface area contributed by atoms with Crippen LogP contribution in [0.5, 0.6) is 5.75 Å². The maximum atomic E-state index is 12.0. The van der Waals surface area contributed by atoms with Crippen LogP contribution in [0.25, 0.3) is 0 Å². The fourth-order valence-corrected chi connectivity index (χ4v) is 3.16. The number of ether oxygens (including phenoxy) is 2. The van der Waals surface area contributed by atoms with Crippen LogP contribution in [0.15, 0.2) is 67.3 Å². The summed E-state index contributed by atoms with van der Waals surface area (Å²) in [6, 6.07) is 18.5. The van der Waals surface area contributed by atoms with Crippen molar-refractivity contribution in [2.24, 2.45) is 0 Å². The zero-order valence-electron chi connectivity index (χ0n) is 17.7. The van der Waals surface area contributed by atoms with E-state index < -0.39 is 0 Å². The predicted octanol–water partition coefficient (Wildman–Crippen LogP) is 4.88. The molecule has 0 aliphatic rings. The lowest BCUT2D eigenvalue weighted by molar-refractivity contribution is -0.148. The van der Waals surface area contributed by atoms with Crippen LogP contribution >= 0.6 is 0 Å². The predicted molar refractivity (Wildman–Crippen MR) is 118 cm³/mol. The van der Waals surface area contributed by atoms with Gasteiger partial charge in [0.05, 0.1) is 13.2 Å². The first kappa shape index (κ1) is 22.7. The van der Waals surface area contributed by atoms with Gasteiger partial charge in [0.15, 0.2) is 0 Å². The minimum absolute atomic E-state index is 0.179. The fourth-order valence-electron chi connectivity index (χ4n) is 3.16. The van der Waals surface area contributed by atoms with Crippen molar-refractivity contribution in [1.29, 1.82) is 0 Å². The van der Waals surface area contributed by atoms with E-state index in [1.165, 1.54) is 11.1 Å². The van der Waals surface area contributed by atoms with Gasteiger partial charge in [-0.25, -0.2) is 0 Å². The molecule has 0 N–H and O–H groups in total. The third-order valence-corrected chi connectivity index (χ3v) is 4.82. The molecule has 0 bridgehead atoms. The summed E-state index contributed by atoms with van der Waals surface area (Å²) in [5.74, 6) is 0.714. The first-order valence-corrected chi connectivity index (χ1v) is 10.4. The van der Waals surface area contributed by atoms with Crippen LogP contribution in [-0.2, 0) is 16.0 Å². The van der Waals surface area contributed by atoms with E-state index in [0.29, 0.717) is 19.8 Å². The number of nitrogens with zero attached hydrogens (tertiary/aromatic N) is 1. The molecule has 156 valence electrons. The Labute approximate surface area is 175 Å². The van der Waals surface area contributed by atoms with Crippen LogP contribution in [0.1, 0.15) is 37.8 Å². The standard InChI is InChI=1S/C25H33NO3/c1-4-17-26(21(3)25(27)28-5-2)18-9-10-19-29-24-15-13-23(14-16-24)20-22-11-7-6-8-12-22/h4,6-8,11-16,21H,1,5,9-10,17-20H2,2-3H3. The van der Waals surface area contributed by atoms with Crippen LogP contribution in [0, 0.1) is 0 Å². The quantitative estimate of drug-likeness (QED) is 0.275. The number of esters is 1. The molecule has 1 atom stereocenters. The topological polar surface area (TPSA) is 38.8 Å². The SMILES string of the molecule is C=CCN(CCCCOc1ccc(Cc2ccccc2)cc1)C(C)C(=O)OCC. The number of carbonyl (C=O) groups is 1. The van der Waals surface area contributed by atoms with Crippen molar-refractivity contribution in [2.75, 3.05) is 26.3 Å². The Kier molecular flexibility index (Phi) is 10.0. The number of rotatable bonds is 13. The van der Waals surface area contributed by atoms with E-state index in [4.69, 9.17) is 9.47 Å². The molecule has 0 fully saturated rings. The molecule has 0 radical (unpaired) electrons. The molecule has 2 aromatic rings. The molecule has 4 heteroatoms. The van der Waals surface area contributed by atoms with Crippen LogP contribution in [-0.4, -0.2) is 43.2 Å². The molecule has 2 aromatic carbocycles. The number of unbranched alkanes of at least 4 members (excludes halogenated alkanes) is 1. The van der Waals surface area contributed by atoms with Crippen molar-refractivity contribution in [3.05, 3.63) is 78.4 Å². The average Bonchev–Trinajstić information content (AvgIpc) is 2.74. The van der Waals surface area contributed by atoms with Crippen LogP contribution in [0.2, 0.25) is 0 Å². The smallest absolute Gasteiger partial charge is 0.323 e. The number of hydrogen-bond acceptors (Lipinski definition) is 4. The first-order valence-electron chi connectivity index (χ1n) is 10.4. The fraction of sp³-hybridized carbons (Fsp3) is 0.400. The second-order valence-corrected chi connectivity index (χ2v) is 7.07. The molecule has 29 heavy (non-hydrogen) atoms. The molecule has 0 saturated carbocycles. The van der Waals surface area contributed by atoms with Crippen molar-refractivity contribution >= 4 is 5.97 Å². The maximum absolute atomic E-state index is 12.0. The summed E-state index contributed by atoms with van der Waals surface area (Å²) in [6.45, 7) is 10.0. The van der Waals surface area contributed by atoms with Crippen molar-refractivity contribution in [1.82, 2.24) is 4.90 Å². The van der Waals surface area contributed by atoms with E-state index in [-0.39, 0.29) is 12.0 Å². The molecule has 0 aliphatic heterocycles. The molecule has 0 heterocycles. The van der Waals surface area contributed by atoms with Gasteiger partial charge in [0.25, 0.3) is 0 Å². The normalized spacial score (nSPS) is 11.8. The Morgan fingerprint density at radius 2 is 1.76 bits per heavy atom. The Hall–Kier alpha value is -2.59. The summed E-state index contributed by atoms with van der Waals surface area (Å²) >= 11 is 0. The zero-order valence-corrected chi connectivity index (χ0v) is 17.7. The molecular weight excluding hydrogens is 362 g/mol. The van der Waals surface area contributed by atoms with Crippen LogP contribution in [0.4, 0.5) is 0 Å². The average molecular weight is 396 g/mol. The molecule has 1 unspecified atom stereocenters. The molecule has 0 spiro atoms. The van der Waals surface area contributed by atoms with E-state index in [9.17, 15) is 4.79 Å². The number of benzene rings is 2. The summed E-state index contributed by atoms with van der Waals surface area (Å²) in [5, 5.41) is 0. The molecule has 0 saturated heterocycles. The van der Waals surface area contributed by atoms with E-state index in [0.717, 1.165) is 31.6 Å². The van der Waals surface area contributed by atoms with Crippen molar-refractivity contribution < 1.29 is 14.3 Å². The molecule has 4 nitrogen and oxygen atoms in total. The van der Waals surface area contributed by atoms with Crippen molar-refractivity contribution in [3.8, 4) is 5.75 Å². The summed E-state index contributed by atoms with van der Waals surface area (Å²) in [4.78, 5) is 14.0. The van der Waals surface area contributed by atoms with Gasteiger partial charge < -0.3 is 9.47 Å². The lowest BCUT2D eigenvalue weighted by atomic mass is 10.1. The largest absolute Gasteiger partial charge is 0.494 e. The summed E-state index contributed by atoms with van der Waals surface area (Å²) < 4.78 is 11.0. The van der Waals surface area contributed by atoms with Gasteiger partial charge in [-0.15, -0.1) is 6.58 Å². The minimum atomic E-state index is -0.258. The molecule has 0 aromatic heterocycles. The highest BCUT2D eigenvalue weighted by Gasteiger charge is 2.20. The Balaban J connectivity index is 1.71. The summed E-state index contributed by atoms with van der Waals surface area (Å²) in [6.07, 6.45) is 4.63. The highest BCUT2D eigenvalue weighted by Crippen LogP contribution is 2.16. The highest BCUT2D eigenvalue weighted by atomic mass is 16.5. The second-order valence-electron chi connectivity index (χ2n) is 7.07. The Bertz CT molecular complexity index is 727. The molecule has 0 aliphatic carbocycles. The number of hydrogen-bond donors (Lipinski definition) is 0.